The van der Waals surface area contributed by atoms with Crippen molar-refractivity contribution in [3.63, 3.8) is 0 Å². The summed E-state index contributed by atoms with van der Waals surface area (Å²) < 4.78 is 142. The third-order valence-corrected chi connectivity index (χ3v) is 21.6. The maximum absolute atomic E-state index is 13.5. The second-order valence-corrected chi connectivity index (χ2v) is 38.3. The van der Waals surface area contributed by atoms with Crippen LogP contribution in [0.15, 0.2) is 94.7 Å². The van der Waals surface area contributed by atoms with Crippen LogP contribution in [-0.2, 0) is 30.1 Å². The first-order valence-electron chi connectivity index (χ1n) is 39.9. The lowest BCUT2D eigenvalue weighted by atomic mass is 9.97. The zero-order valence-electron chi connectivity index (χ0n) is 69.6. The van der Waals surface area contributed by atoms with E-state index in [2.05, 4.69) is 98.0 Å². The maximum atomic E-state index is 13.5. The SMILES string of the molecule is CCOC(=O)C(=O)C1CC1.COc1cc(N)c(N)cc1F.COc1cc2c(cc1F)N=C(C1CC1)C(=O)C2.COc1cc2nc(C3CC3)c(=O)[nH]c2cc1F.COc1cc2nc(C3CC3)c(Cl)nc2cc1F.COc1cc2nc(C3CC3)c(Cl)nc2cc1F.COc1cc2nc(Cl)c(C3CC3)nc2cc1F.COc1cc2nc(Cl)c(C3CC3)nc2cc1F.O=P(Cl)(Cl)Cl. The molecule has 8 aliphatic rings. The fourth-order valence-corrected chi connectivity index (χ4v) is 13.9. The number of anilines is 2. The number of hydrogen-bond donors (Lipinski definition) is 3. The second kappa shape index (κ2) is 42.4. The van der Waals surface area contributed by atoms with Gasteiger partial charge in [0.1, 0.15) is 5.69 Å². The predicted octanol–water partition coefficient (Wildman–Crippen LogP) is 22.0. The molecule has 0 bridgehead atoms. The summed E-state index contributed by atoms with van der Waals surface area (Å²) in [6, 6.07) is 19.5. The number of nitrogens with one attached hydrogen (secondary N) is 1. The van der Waals surface area contributed by atoms with Crippen molar-refractivity contribution in [3.05, 3.63) is 191 Å². The van der Waals surface area contributed by atoms with Gasteiger partial charge < -0.3 is 54.3 Å². The molecule has 0 radical (unpaired) electrons. The first kappa shape index (κ1) is 96.6. The van der Waals surface area contributed by atoms with Gasteiger partial charge in [0.15, 0.2) is 107 Å². The number of fused-ring (bicyclic) bond motifs is 6. The van der Waals surface area contributed by atoms with Crippen molar-refractivity contribution in [2.45, 2.75) is 133 Å². The second-order valence-electron chi connectivity index (χ2n) is 30.2. The largest absolute Gasteiger partial charge is 0.494 e. The molecular weight excluding hydrogens is 1850 g/mol. The van der Waals surface area contributed by atoms with Crippen molar-refractivity contribution < 1.29 is 87.6 Å². The van der Waals surface area contributed by atoms with Crippen LogP contribution in [0.25, 0.3) is 55.2 Å². The van der Waals surface area contributed by atoms with Gasteiger partial charge in [0.05, 0.1) is 157 Å². The van der Waals surface area contributed by atoms with Crippen molar-refractivity contribution in [1.29, 1.82) is 0 Å². The quantitative estimate of drug-likeness (QED) is 0.0266. The molecule has 7 aliphatic carbocycles. The Morgan fingerprint density at radius 1 is 0.391 bits per heavy atom. The number of aromatic amines is 1. The molecule has 26 nitrogen and oxygen atoms in total. The Balaban J connectivity index is 0.000000132. The number of ether oxygens (including phenoxy) is 8. The number of nitrogens with zero attached hydrogens (tertiary/aromatic N) is 10. The molecule has 128 heavy (non-hydrogen) atoms. The normalized spacial score (nSPS) is 15.2. The molecule has 6 heterocycles. The minimum absolute atomic E-state index is 0.0148. The van der Waals surface area contributed by atoms with Crippen molar-refractivity contribution >= 4 is 181 Å². The van der Waals surface area contributed by atoms with Gasteiger partial charge in [-0.1, -0.05) is 46.4 Å². The van der Waals surface area contributed by atoms with E-state index < -0.39 is 51.9 Å². The first-order chi connectivity index (χ1) is 61.0. The molecule has 1 aliphatic heterocycles. The number of aliphatic imine (C=N–C) groups is 1. The number of methoxy groups -OCH3 is 7. The third-order valence-electron chi connectivity index (χ3n) is 20.5. The smallest absolute Gasteiger partial charge is 0.374 e. The summed E-state index contributed by atoms with van der Waals surface area (Å²) in [5, 5.41) is -1.64. The van der Waals surface area contributed by atoms with Crippen molar-refractivity contribution in [2.24, 2.45) is 16.8 Å². The Bertz CT molecular complexity index is 6170. The highest BCUT2D eigenvalue weighted by atomic mass is 36.0. The molecule has 0 atom stereocenters. The minimum atomic E-state index is -3.22. The van der Waals surface area contributed by atoms with E-state index in [0.29, 0.717) is 135 Å². The monoisotopic (exact) mass is 1930 g/mol. The fourth-order valence-electron chi connectivity index (χ4n) is 12.8. The van der Waals surface area contributed by atoms with E-state index in [1.807, 2.05) is 0 Å². The molecule has 676 valence electrons. The van der Waals surface area contributed by atoms with E-state index in [1.54, 1.807) is 25.1 Å². The molecule has 0 unspecified atom stereocenters. The lowest BCUT2D eigenvalue weighted by Crippen LogP contribution is -2.21. The summed E-state index contributed by atoms with van der Waals surface area (Å²) in [4.78, 5) is 90.8. The van der Waals surface area contributed by atoms with Crippen LogP contribution in [0, 0.1) is 52.6 Å². The number of H-pyrrole nitrogens is 1. The van der Waals surface area contributed by atoms with Gasteiger partial charge in [-0.2, -0.15) is 0 Å². The van der Waals surface area contributed by atoms with Crippen LogP contribution in [-0.4, -0.2) is 129 Å². The van der Waals surface area contributed by atoms with Gasteiger partial charge in [0, 0.05) is 127 Å². The Morgan fingerprint density at radius 3 is 1.02 bits per heavy atom. The maximum Gasteiger partial charge on any atom is 0.374 e. The predicted molar refractivity (Wildman–Crippen MR) is 476 cm³/mol. The number of carbonyl (C=O) groups excluding carboxylic acids is 3. The average molecular weight is 1930 g/mol. The van der Waals surface area contributed by atoms with Crippen LogP contribution in [0.3, 0.4) is 0 Å². The molecule has 7 aromatic carbocycles. The summed E-state index contributed by atoms with van der Waals surface area (Å²) in [5.74, 6) is -0.909. The van der Waals surface area contributed by atoms with Gasteiger partial charge in [-0.15, -0.1) is 0 Å². The number of halogens is 14. The van der Waals surface area contributed by atoms with Gasteiger partial charge >= 0.3 is 11.2 Å². The highest BCUT2D eigenvalue weighted by Crippen LogP contribution is 2.61. The van der Waals surface area contributed by atoms with Gasteiger partial charge in [0.25, 0.3) is 5.56 Å². The summed E-state index contributed by atoms with van der Waals surface area (Å²) in [7, 11) is 9.86. The van der Waals surface area contributed by atoms with Gasteiger partial charge in [-0.25, -0.2) is 85.4 Å². The third kappa shape index (κ3) is 25.5. The Kier molecular flexibility index (Phi) is 32.0. The lowest BCUT2D eigenvalue weighted by molar-refractivity contribution is -0.154. The van der Waals surface area contributed by atoms with E-state index in [0.717, 1.165) is 124 Å². The van der Waals surface area contributed by atoms with E-state index in [9.17, 15) is 54.5 Å². The number of esters is 1. The van der Waals surface area contributed by atoms with Gasteiger partial charge in [0.2, 0.25) is 5.78 Å². The molecule has 0 saturated heterocycles. The molecule has 5 aromatic heterocycles. The molecule has 20 rings (SSSR count). The average Bonchev–Trinajstić information content (AvgIpc) is 1.28. The van der Waals surface area contributed by atoms with Crippen molar-refractivity contribution in [3.8, 4) is 40.2 Å². The van der Waals surface area contributed by atoms with Crippen LogP contribution in [0.2, 0.25) is 20.6 Å². The number of benzene rings is 7. The van der Waals surface area contributed by atoms with Crippen LogP contribution in [0.1, 0.15) is 160 Å². The number of nitrogen functional groups attached to an aromatic ring is 2. The van der Waals surface area contributed by atoms with Crippen LogP contribution >= 0.6 is 85.3 Å². The molecule has 0 spiro atoms. The molecule has 41 heteroatoms. The van der Waals surface area contributed by atoms with Crippen LogP contribution < -0.4 is 50.2 Å². The number of nitrogens with two attached hydrogens (primary N) is 2. The van der Waals surface area contributed by atoms with E-state index in [-0.39, 0.29) is 81.5 Å². The Labute approximate surface area is 761 Å². The summed E-state index contributed by atoms with van der Waals surface area (Å²) in [5.41, 5.74) is 22.0. The highest BCUT2D eigenvalue weighted by Gasteiger charge is 2.38. The zero-order valence-corrected chi connectivity index (χ0v) is 75.8. The van der Waals surface area contributed by atoms with E-state index >= 15 is 0 Å². The van der Waals surface area contributed by atoms with E-state index in [1.165, 1.54) is 110 Å². The summed E-state index contributed by atoms with van der Waals surface area (Å²) in [6.07, 6.45) is 14.8. The van der Waals surface area contributed by atoms with Crippen LogP contribution in [0.4, 0.5) is 47.8 Å². The number of rotatable bonds is 16. The summed E-state index contributed by atoms with van der Waals surface area (Å²) in [6.45, 7) is 1.98. The van der Waals surface area contributed by atoms with Crippen molar-refractivity contribution in [1.82, 2.24) is 49.8 Å². The number of ketones is 2. The number of Topliss-reactive ketones (excluding diaryl/α,β-unsaturated/α-hetero) is 2. The Hall–Kier alpha value is -10.5. The summed E-state index contributed by atoms with van der Waals surface area (Å²) >= 11 is 38.1. The first-order valence-corrected chi connectivity index (χ1v) is 45.8. The molecule has 7 fully saturated rings. The molecule has 5 N–H and O–H groups in total. The van der Waals surface area contributed by atoms with Gasteiger partial charge in [-0.3, -0.25) is 18.9 Å². The molecular formula is C87H82Cl7F7N13O13P. The molecule has 12 aromatic rings. The molecule has 0 amide bonds. The van der Waals surface area contributed by atoms with Crippen molar-refractivity contribution in [2.75, 3.05) is 67.8 Å². The number of hydrogen-bond acceptors (Lipinski definition) is 25. The minimum Gasteiger partial charge on any atom is -0.494 e. The number of aromatic nitrogens is 10. The lowest BCUT2D eigenvalue weighted by Gasteiger charge is -2.15. The standard InChI is InChI=1S/C13H12FNO2.4C12H10ClFN2O.C12H11FN2O2.C7H9FN2O.C7H10O3.Cl3OP/c1-17-12-5-8-4-11(16)13(7-2-3-7)15-10(8)6-9(12)14;2*1-17-10-5-9-8(4-7(10)14)16-12(13)11(15-9)6-2-3-6;2*1-17-10-5-9-8(4-7(10)14)15-11(6-2-3-6)12(13)16-9;1-17-10-5-9-8(4-7(10)13)15-12(16)11(14-9)6-2-3-6;1-11-7-3-6(10)5(9)2-4(7)8;1-2-10-7(9)6(8)5-3-4-5;1-5(2,3)4/h5-7H,2-4H2,1H3;4*4-6H,2-3H2,1H3;4-6H,2-3H2,1H3,(H,15,16);2-3H,9-10H2,1H3;5H,2-4H2,1H3;. The zero-order chi connectivity index (χ0) is 92.4. The molecule has 7 saturated carbocycles. The highest BCUT2D eigenvalue weighted by molar-refractivity contribution is 8.24. The number of carbonyl (C=O) groups is 3. The Morgan fingerprint density at radius 2 is 0.672 bits per heavy atom. The fraction of sp³-hybridized carbons (Fsp3) is 0.356. The van der Waals surface area contributed by atoms with E-state index in [4.69, 9.17) is 86.3 Å². The van der Waals surface area contributed by atoms with Gasteiger partial charge in [-0.05, 0) is 142 Å². The topological polar surface area (TPSA) is 355 Å². The van der Waals surface area contributed by atoms with Crippen LogP contribution in [0.5, 0.6) is 40.2 Å².